The van der Waals surface area contributed by atoms with Gasteiger partial charge in [-0.25, -0.2) is 0 Å². The molecule has 0 aromatic carbocycles. The summed E-state index contributed by atoms with van der Waals surface area (Å²) in [6, 6.07) is 0. The van der Waals surface area contributed by atoms with Crippen LogP contribution in [-0.4, -0.2) is 30.5 Å². The zero-order valence-electron chi connectivity index (χ0n) is 10.9. The minimum atomic E-state index is -1.73. The number of aliphatic hydroxyl groups is 2. The monoisotopic (exact) mass is 382 g/mol. The van der Waals surface area contributed by atoms with Gasteiger partial charge in [-0.2, -0.15) is 0 Å². The van der Waals surface area contributed by atoms with E-state index in [0.29, 0.717) is 3.39 Å². The van der Waals surface area contributed by atoms with Crippen LogP contribution in [0.25, 0.3) is 0 Å². The molecule has 0 heterocycles. The van der Waals surface area contributed by atoms with Crippen molar-refractivity contribution in [3.8, 4) is 11.5 Å². The van der Waals surface area contributed by atoms with Gasteiger partial charge in [-0.05, 0) is 43.0 Å². The van der Waals surface area contributed by atoms with E-state index in [1.54, 1.807) is 0 Å². The second-order valence-corrected chi connectivity index (χ2v) is 13.3. The zero-order chi connectivity index (χ0) is 13.9. The van der Waals surface area contributed by atoms with Crippen molar-refractivity contribution in [2.45, 2.75) is 51.1 Å². The summed E-state index contributed by atoms with van der Waals surface area (Å²) >= 11 is 6.27. The lowest BCUT2D eigenvalue weighted by atomic mass is 10.2. The standard InChI is InChI=1S/C12H20Br2O2Si/c1-12(2,3)17(4,5)7-6-9(15)10(16)8-11(13)14/h8-10,15-16H,1-5H3/t9-,10+/m0/s1. The summed E-state index contributed by atoms with van der Waals surface area (Å²) in [6.07, 6.45) is -0.569. The molecule has 2 N–H and O–H groups in total. The molecule has 0 amide bonds. The minimum absolute atomic E-state index is 0.149. The summed E-state index contributed by atoms with van der Waals surface area (Å²) in [5.41, 5.74) is 3.17. The fraction of sp³-hybridized carbons (Fsp3) is 0.667. The number of hydrogen-bond donors (Lipinski definition) is 2. The molecule has 0 bridgehead atoms. The Bertz CT molecular complexity index is 344. The van der Waals surface area contributed by atoms with E-state index in [1.807, 2.05) is 0 Å². The lowest BCUT2D eigenvalue weighted by Gasteiger charge is -2.31. The summed E-state index contributed by atoms with van der Waals surface area (Å²) in [4.78, 5) is 0. The van der Waals surface area contributed by atoms with Crippen molar-refractivity contribution in [2.75, 3.05) is 0 Å². The predicted octanol–water partition coefficient (Wildman–Crippen LogP) is 3.39. The van der Waals surface area contributed by atoms with Gasteiger partial charge in [-0.3, -0.25) is 0 Å². The van der Waals surface area contributed by atoms with Gasteiger partial charge in [0.25, 0.3) is 0 Å². The maximum absolute atomic E-state index is 9.71. The quantitative estimate of drug-likeness (QED) is 0.566. The molecule has 0 unspecified atom stereocenters. The smallest absolute Gasteiger partial charge is 0.143 e. The van der Waals surface area contributed by atoms with Crippen molar-refractivity contribution in [2.24, 2.45) is 0 Å². The van der Waals surface area contributed by atoms with Gasteiger partial charge in [-0.1, -0.05) is 39.8 Å². The molecule has 0 aromatic rings. The SMILES string of the molecule is CC(C)(C)[Si](C)(C)C#C[C@H](O)[C@H](O)C=C(Br)Br. The fourth-order valence-electron chi connectivity index (χ4n) is 0.747. The van der Waals surface area contributed by atoms with Crippen LogP contribution < -0.4 is 0 Å². The van der Waals surface area contributed by atoms with Crippen LogP contribution in [0.15, 0.2) is 9.47 Å². The normalized spacial score (nSPS) is 15.6. The Hall–Kier alpha value is 0.397. The van der Waals surface area contributed by atoms with Crippen molar-refractivity contribution in [3.63, 3.8) is 0 Å². The van der Waals surface area contributed by atoms with Crippen LogP contribution in [0.3, 0.4) is 0 Å². The Kier molecular flexibility index (Phi) is 6.68. The van der Waals surface area contributed by atoms with Gasteiger partial charge in [0.15, 0.2) is 0 Å². The fourth-order valence-corrected chi connectivity index (χ4v) is 2.17. The lowest BCUT2D eigenvalue weighted by molar-refractivity contribution is 0.0871. The molecule has 0 fully saturated rings. The van der Waals surface area contributed by atoms with Gasteiger partial charge < -0.3 is 10.2 Å². The molecule has 2 nitrogen and oxygen atoms in total. The third-order valence-electron chi connectivity index (χ3n) is 3.03. The highest BCUT2D eigenvalue weighted by atomic mass is 79.9. The van der Waals surface area contributed by atoms with Gasteiger partial charge in [0.1, 0.15) is 20.3 Å². The Morgan fingerprint density at radius 3 is 2.06 bits per heavy atom. The van der Waals surface area contributed by atoms with Crippen LogP contribution in [0, 0.1) is 11.5 Å². The Balaban J connectivity index is 4.82. The summed E-state index contributed by atoms with van der Waals surface area (Å²) in [5.74, 6) is 2.77. The molecule has 0 aliphatic rings. The number of halogens is 2. The van der Waals surface area contributed by atoms with Crippen LogP contribution in [0.2, 0.25) is 18.1 Å². The summed E-state index contributed by atoms with van der Waals surface area (Å²) in [5, 5.41) is 19.5. The molecule has 0 spiro atoms. The van der Waals surface area contributed by atoms with E-state index in [4.69, 9.17) is 0 Å². The van der Waals surface area contributed by atoms with Crippen LogP contribution in [0.4, 0.5) is 0 Å². The highest BCUT2D eigenvalue weighted by Gasteiger charge is 2.33. The maximum atomic E-state index is 9.71. The summed E-state index contributed by atoms with van der Waals surface area (Å²) < 4.78 is 0.602. The van der Waals surface area contributed by atoms with Crippen molar-refractivity contribution in [1.82, 2.24) is 0 Å². The van der Waals surface area contributed by atoms with E-state index in [-0.39, 0.29) is 5.04 Å². The largest absolute Gasteiger partial charge is 0.385 e. The number of aliphatic hydroxyl groups excluding tert-OH is 2. The molecule has 5 heteroatoms. The molecule has 2 atom stereocenters. The third-order valence-corrected chi connectivity index (χ3v) is 8.08. The Labute approximate surface area is 122 Å². The maximum Gasteiger partial charge on any atom is 0.143 e. The Morgan fingerprint density at radius 1 is 1.24 bits per heavy atom. The second-order valence-electron chi connectivity index (χ2n) is 5.54. The number of rotatable bonds is 2. The van der Waals surface area contributed by atoms with Crippen molar-refractivity contribution < 1.29 is 10.2 Å². The highest BCUT2D eigenvalue weighted by Crippen LogP contribution is 2.35. The van der Waals surface area contributed by atoms with E-state index < -0.39 is 20.3 Å². The molecule has 0 aliphatic heterocycles. The van der Waals surface area contributed by atoms with Crippen molar-refractivity contribution in [3.05, 3.63) is 9.47 Å². The highest BCUT2D eigenvalue weighted by molar-refractivity contribution is 9.28. The average molecular weight is 384 g/mol. The molecule has 0 aliphatic carbocycles. The van der Waals surface area contributed by atoms with Crippen molar-refractivity contribution in [1.29, 1.82) is 0 Å². The molecule has 0 rings (SSSR count). The van der Waals surface area contributed by atoms with Gasteiger partial charge in [0.05, 0.1) is 3.39 Å². The molecule has 0 saturated carbocycles. The first kappa shape index (κ1) is 17.4. The van der Waals surface area contributed by atoms with Crippen LogP contribution in [-0.2, 0) is 0 Å². The second kappa shape index (κ2) is 6.53. The molecule has 0 radical (unpaired) electrons. The van der Waals surface area contributed by atoms with Gasteiger partial charge in [0.2, 0.25) is 0 Å². The Morgan fingerprint density at radius 2 is 1.71 bits per heavy atom. The van der Waals surface area contributed by atoms with Crippen LogP contribution in [0.5, 0.6) is 0 Å². The van der Waals surface area contributed by atoms with E-state index >= 15 is 0 Å². The molecular formula is C12H20Br2O2Si. The molecule has 17 heavy (non-hydrogen) atoms. The molecule has 0 saturated heterocycles. The molecule has 0 aromatic heterocycles. The number of hydrogen-bond acceptors (Lipinski definition) is 2. The lowest BCUT2D eigenvalue weighted by Crippen LogP contribution is -2.36. The van der Waals surface area contributed by atoms with Gasteiger partial charge in [-0.15, -0.1) is 5.54 Å². The minimum Gasteiger partial charge on any atom is -0.385 e. The van der Waals surface area contributed by atoms with E-state index in [1.165, 1.54) is 6.08 Å². The van der Waals surface area contributed by atoms with E-state index in [9.17, 15) is 10.2 Å². The first-order chi connectivity index (χ1) is 7.47. The first-order valence-corrected chi connectivity index (χ1v) is 9.97. The van der Waals surface area contributed by atoms with E-state index in [2.05, 4.69) is 77.2 Å². The predicted molar refractivity (Wildman–Crippen MR) is 82.9 cm³/mol. The van der Waals surface area contributed by atoms with E-state index in [0.717, 1.165) is 0 Å². The van der Waals surface area contributed by atoms with Gasteiger partial charge >= 0.3 is 0 Å². The third kappa shape index (κ3) is 6.21. The average Bonchev–Trinajstić information content (AvgIpc) is 2.11. The van der Waals surface area contributed by atoms with Crippen LogP contribution >= 0.6 is 31.9 Å². The van der Waals surface area contributed by atoms with Crippen LogP contribution in [0.1, 0.15) is 20.8 Å². The molecular weight excluding hydrogens is 364 g/mol. The first-order valence-electron chi connectivity index (χ1n) is 5.39. The van der Waals surface area contributed by atoms with Crippen molar-refractivity contribution >= 4 is 39.9 Å². The zero-order valence-corrected chi connectivity index (χ0v) is 15.1. The summed E-state index contributed by atoms with van der Waals surface area (Å²) in [7, 11) is -1.73. The molecule has 98 valence electrons. The summed E-state index contributed by atoms with van der Waals surface area (Å²) in [6.45, 7) is 10.8. The topological polar surface area (TPSA) is 40.5 Å². The van der Waals surface area contributed by atoms with Gasteiger partial charge in [0, 0.05) is 0 Å².